The van der Waals surface area contributed by atoms with Crippen molar-refractivity contribution in [2.75, 3.05) is 5.75 Å². The maximum atomic E-state index is 12.7. The van der Waals surface area contributed by atoms with Crippen molar-refractivity contribution >= 4 is 22.9 Å². The van der Waals surface area contributed by atoms with E-state index in [1.807, 2.05) is 22.8 Å². The maximum absolute atomic E-state index is 12.7. The zero-order valence-electron chi connectivity index (χ0n) is 15.8. The van der Waals surface area contributed by atoms with E-state index >= 15 is 0 Å². The van der Waals surface area contributed by atoms with Crippen LogP contribution in [0.3, 0.4) is 0 Å². The van der Waals surface area contributed by atoms with E-state index in [2.05, 4.69) is 17.1 Å². The zero-order valence-corrected chi connectivity index (χ0v) is 16.6. The largest absolute Gasteiger partial charge is 0.393 e. The Hall–Kier alpha value is -2.32. The van der Waals surface area contributed by atoms with Crippen LogP contribution in [0.15, 0.2) is 45.1 Å². The highest BCUT2D eigenvalue weighted by molar-refractivity contribution is 7.99. The average Bonchev–Trinajstić information content (AvgIpc) is 3.02. The molecule has 1 aromatic carbocycles. The summed E-state index contributed by atoms with van der Waals surface area (Å²) in [6.07, 6.45) is 1.23. The summed E-state index contributed by atoms with van der Waals surface area (Å²) in [5, 5.41) is 10.3. The van der Waals surface area contributed by atoms with Crippen LogP contribution in [0.4, 0.5) is 0 Å². The van der Waals surface area contributed by atoms with E-state index in [-0.39, 0.29) is 5.56 Å². The van der Waals surface area contributed by atoms with Gasteiger partial charge in [0.05, 0.1) is 6.10 Å². The van der Waals surface area contributed by atoms with Crippen LogP contribution in [-0.4, -0.2) is 35.6 Å². The van der Waals surface area contributed by atoms with Gasteiger partial charge >= 0.3 is 5.69 Å². The number of hydrogen-bond acceptors (Lipinski definition) is 5. The van der Waals surface area contributed by atoms with E-state index < -0.39 is 11.8 Å². The third-order valence-electron chi connectivity index (χ3n) is 4.46. The van der Waals surface area contributed by atoms with Crippen molar-refractivity contribution in [2.45, 2.75) is 37.6 Å². The van der Waals surface area contributed by atoms with Crippen molar-refractivity contribution in [2.24, 2.45) is 14.1 Å². The molecule has 27 heavy (non-hydrogen) atoms. The Kier molecular flexibility index (Phi) is 5.86. The van der Waals surface area contributed by atoms with E-state index in [9.17, 15) is 14.7 Å². The highest BCUT2D eigenvalue weighted by Crippen LogP contribution is 2.23. The Labute approximate surface area is 161 Å². The predicted molar refractivity (Wildman–Crippen MR) is 107 cm³/mol. The second-order valence-electron chi connectivity index (χ2n) is 6.67. The third-order valence-corrected chi connectivity index (χ3v) is 5.68. The fourth-order valence-electron chi connectivity index (χ4n) is 3.03. The molecule has 8 heteroatoms. The van der Waals surface area contributed by atoms with Crippen molar-refractivity contribution in [3.8, 4) is 0 Å². The molecule has 0 amide bonds. The van der Waals surface area contributed by atoms with Crippen molar-refractivity contribution in [3.05, 3.63) is 56.7 Å². The molecule has 0 aliphatic carbocycles. The number of aliphatic hydroxyl groups is 1. The maximum Gasteiger partial charge on any atom is 0.332 e. The monoisotopic (exact) mass is 388 g/mol. The molecule has 7 nitrogen and oxygen atoms in total. The van der Waals surface area contributed by atoms with Crippen LogP contribution in [0.1, 0.15) is 18.9 Å². The molecule has 0 radical (unpaired) electrons. The number of thioether (sulfide) groups is 1. The smallest absolute Gasteiger partial charge is 0.332 e. The molecule has 0 saturated heterocycles. The van der Waals surface area contributed by atoms with Crippen LogP contribution < -0.4 is 11.2 Å². The summed E-state index contributed by atoms with van der Waals surface area (Å²) < 4.78 is 4.39. The molecule has 0 spiro atoms. The van der Waals surface area contributed by atoms with E-state index in [1.165, 1.54) is 28.9 Å². The second kappa shape index (κ2) is 8.14. The first-order valence-corrected chi connectivity index (χ1v) is 9.89. The first-order valence-electron chi connectivity index (χ1n) is 8.91. The van der Waals surface area contributed by atoms with Crippen molar-refractivity contribution in [1.29, 1.82) is 0 Å². The number of benzene rings is 1. The number of aliphatic hydroxyl groups excluding tert-OH is 1. The van der Waals surface area contributed by atoms with Gasteiger partial charge in [0.1, 0.15) is 0 Å². The SMILES string of the molecule is C[C@H](O)CSc1nc2c(c(=O)n(C)c(=O)n2C)n1CCCc1ccccc1. The number of fused-ring (bicyclic) bond motifs is 1. The van der Waals surface area contributed by atoms with Crippen LogP contribution in [0.25, 0.3) is 11.2 Å². The molecule has 0 fully saturated rings. The average molecular weight is 388 g/mol. The summed E-state index contributed by atoms with van der Waals surface area (Å²) in [6.45, 7) is 2.32. The lowest BCUT2D eigenvalue weighted by Crippen LogP contribution is -2.37. The fraction of sp³-hybridized carbons (Fsp3) is 0.421. The predicted octanol–water partition coefficient (Wildman–Crippen LogP) is 1.54. The highest BCUT2D eigenvalue weighted by Gasteiger charge is 2.19. The van der Waals surface area contributed by atoms with Gasteiger partial charge in [-0.3, -0.25) is 13.9 Å². The van der Waals surface area contributed by atoms with Gasteiger partial charge in [0, 0.05) is 26.4 Å². The number of rotatable bonds is 7. The molecular weight excluding hydrogens is 364 g/mol. The first kappa shape index (κ1) is 19.4. The quantitative estimate of drug-likeness (QED) is 0.621. The summed E-state index contributed by atoms with van der Waals surface area (Å²) >= 11 is 1.39. The van der Waals surface area contributed by atoms with Crippen LogP contribution in [0, 0.1) is 0 Å². The lowest BCUT2D eigenvalue weighted by molar-refractivity contribution is 0.220. The Morgan fingerprint density at radius 1 is 1.15 bits per heavy atom. The summed E-state index contributed by atoms with van der Waals surface area (Å²) in [6, 6.07) is 10.2. The molecule has 3 aromatic rings. The Bertz CT molecular complexity index is 1050. The first-order chi connectivity index (χ1) is 12.9. The van der Waals surface area contributed by atoms with Gasteiger partial charge in [0.2, 0.25) is 0 Å². The van der Waals surface area contributed by atoms with Gasteiger partial charge in [-0.15, -0.1) is 0 Å². The third kappa shape index (κ3) is 4.01. The molecule has 0 saturated carbocycles. The number of aryl methyl sites for hydroxylation is 3. The highest BCUT2D eigenvalue weighted by atomic mass is 32.2. The van der Waals surface area contributed by atoms with Gasteiger partial charge in [-0.25, -0.2) is 9.78 Å². The normalized spacial score (nSPS) is 12.6. The Balaban J connectivity index is 2.00. The molecule has 144 valence electrons. The Morgan fingerprint density at radius 2 is 1.85 bits per heavy atom. The second-order valence-corrected chi connectivity index (χ2v) is 7.66. The standard InChI is InChI=1S/C19H24N4O3S/c1-13(24)12-27-18-20-16-15(17(25)22(3)19(26)21(16)2)23(18)11-7-10-14-8-5-4-6-9-14/h4-6,8-9,13,24H,7,10-12H2,1-3H3/t13-/m0/s1. The molecule has 2 heterocycles. The lowest BCUT2D eigenvalue weighted by Gasteiger charge is -2.10. The molecule has 1 atom stereocenters. The minimum Gasteiger partial charge on any atom is -0.393 e. The van der Waals surface area contributed by atoms with E-state index in [0.717, 1.165) is 17.4 Å². The molecule has 0 aliphatic rings. The topological polar surface area (TPSA) is 82.1 Å². The van der Waals surface area contributed by atoms with Crippen LogP contribution in [-0.2, 0) is 27.1 Å². The van der Waals surface area contributed by atoms with E-state index in [4.69, 9.17) is 0 Å². The van der Waals surface area contributed by atoms with Gasteiger partial charge in [-0.2, -0.15) is 0 Å². The number of nitrogens with zero attached hydrogens (tertiary/aromatic N) is 4. The zero-order chi connectivity index (χ0) is 19.6. The van der Waals surface area contributed by atoms with Crippen molar-refractivity contribution in [1.82, 2.24) is 18.7 Å². The summed E-state index contributed by atoms with van der Waals surface area (Å²) in [5.74, 6) is 0.469. The fourth-order valence-corrected chi connectivity index (χ4v) is 3.90. The molecule has 0 bridgehead atoms. The number of aromatic nitrogens is 4. The Morgan fingerprint density at radius 3 is 2.52 bits per heavy atom. The summed E-state index contributed by atoms with van der Waals surface area (Å²) in [4.78, 5) is 29.5. The van der Waals surface area contributed by atoms with Crippen molar-refractivity contribution < 1.29 is 5.11 Å². The van der Waals surface area contributed by atoms with Gasteiger partial charge < -0.3 is 9.67 Å². The summed E-state index contributed by atoms with van der Waals surface area (Å²) in [7, 11) is 3.10. The molecule has 0 aliphatic heterocycles. The van der Waals surface area contributed by atoms with E-state index in [0.29, 0.717) is 28.6 Å². The molecule has 3 rings (SSSR count). The molecule has 2 aromatic heterocycles. The molecule has 0 unspecified atom stereocenters. The van der Waals surface area contributed by atoms with Gasteiger partial charge in [-0.05, 0) is 25.3 Å². The molecular formula is C19H24N4O3S. The number of hydrogen-bond donors (Lipinski definition) is 1. The summed E-state index contributed by atoms with van der Waals surface area (Å²) in [5.41, 5.74) is 1.31. The van der Waals surface area contributed by atoms with E-state index in [1.54, 1.807) is 14.0 Å². The van der Waals surface area contributed by atoms with Crippen LogP contribution in [0.5, 0.6) is 0 Å². The minimum absolute atomic E-state index is 0.343. The van der Waals surface area contributed by atoms with Gasteiger partial charge in [-0.1, -0.05) is 42.1 Å². The van der Waals surface area contributed by atoms with Gasteiger partial charge in [0.25, 0.3) is 5.56 Å². The number of imidazole rings is 1. The van der Waals surface area contributed by atoms with Crippen LogP contribution in [0.2, 0.25) is 0 Å². The lowest BCUT2D eigenvalue weighted by atomic mass is 10.1. The minimum atomic E-state index is -0.487. The van der Waals surface area contributed by atoms with Crippen molar-refractivity contribution in [3.63, 3.8) is 0 Å². The molecule has 1 N–H and O–H groups in total. The van der Waals surface area contributed by atoms with Gasteiger partial charge in [0.15, 0.2) is 16.3 Å². The van der Waals surface area contributed by atoms with Crippen LogP contribution >= 0.6 is 11.8 Å².